The zero-order chi connectivity index (χ0) is 21.8. The molecule has 0 aromatic rings. The molecule has 0 aromatic heterocycles. The van der Waals surface area contributed by atoms with Crippen LogP contribution >= 0.6 is 0 Å². The van der Waals surface area contributed by atoms with E-state index in [1.165, 1.54) is 0 Å². The number of rotatable bonds is 0. The molecule has 6 fully saturated rings. The molecule has 0 aromatic carbocycles. The molecule has 11 nitrogen and oxygen atoms in total. The number of ether oxygens (including phenoxy) is 4. The lowest BCUT2D eigenvalue weighted by atomic mass is 9.51. The van der Waals surface area contributed by atoms with Gasteiger partial charge in [-0.15, -0.1) is 0 Å². The number of aliphatic hydroxyl groups excluding tert-OH is 3. The normalized spacial score (nSPS) is 60.1. The fourth-order valence-corrected chi connectivity index (χ4v) is 7.88. The Bertz CT molecular complexity index is 926. The highest BCUT2D eigenvalue weighted by Gasteiger charge is 3.04. The van der Waals surface area contributed by atoms with E-state index in [1.807, 2.05) is 20.8 Å². The van der Waals surface area contributed by atoms with Gasteiger partial charge in [-0.3, -0.25) is 0 Å². The first-order valence-corrected chi connectivity index (χ1v) is 9.91. The lowest BCUT2D eigenvalue weighted by molar-refractivity contribution is -0.245. The van der Waals surface area contributed by atoms with Crippen molar-refractivity contribution >= 4 is 17.9 Å². The number of aliphatic hydroxyl groups is 4. The largest absolute Gasteiger partial charge is 0.459 e. The van der Waals surface area contributed by atoms with Crippen molar-refractivity contribution in [3.63, 3.8) is 0 Å². The van der Waals surface area contributed by atoms with Crippen LogP contribution in [-0.4, -0.2) is 86.3 Å². The van der Waals surface area contributed by atoms with Gasteiger partial charge in [-0.05, 0) is 17.8 Å². The minimum atomic E-state index is -2.69. The summed E-state index contributed by atoms with van der Waals surface area (Å²) in [7, 11) is 0. The van der Waals surface area contributed by atoms with Gasteiger partial charge in [-0.1, -0.05) is 20.8 Å². The predicted octanol–water partition coefficient (Wildman–Crippen LogP) is -2.64. The fourth-order valence-electron chi connectivity index (χ4n) is 7.88. The van der Waals surface area contributed by atoms with E-state index in [4.69, 9.17) is 18.9 Å². The van der Waals surface area contributed by atoms with E-state index in [-0.39, 0.29) is 6.42 Å². The number of hydrogen-bond donors (Lipinski definition) is 4. The van der Waals surface area contributed by atoms with Gasteiger partial charge in [-0.2, -0.15) is 0 Å². The van der Waals surface area contributed by atoms with Crippen LogP contribution in [0.3, 0.4) is 0 Å². The third kappa shape index (κ3) is 1.32. The van der Waals surface area contributed by atoms with Gasteiger partial charge in [0.2, 0.25) is 11.9 Å². The predicted molar refractivity (Wildman–Crippen MR) is 88.9 cm³/mol. The van der Waals surface area contributed by atoms with Crippen LogP contribution in [0.4, 0.5) is 0 Å². The van der Waals surface area contributed by atoms with Crippen LogP contribution in [-0.2, 0) is 33.3 Å². The third-order valence-corrected chi connectivity index (χ3v) is 8.62. The zero-order valence-corrected chi connectivity index (χ0v) is 16.4. The molecule has 4 aliphatic heterocycles. The molecule has 2 saturated carbocycles. The minimum absolute atomic E-state index is 0.147. The highest BCUT2D eigenvalue weighted by Crippen LogP contribution is 2.84. The van der Waals surface area contributed by atoms with Gasteiger partial charge in [0.25, 0.3) is 0 Å². The summed E-state index contributed by atoms with van der Waals surface area (Å²) in [5.41, 5.74) is -9.29. The maximum Gasteiger partial charge on any atom is 0.343 e. The SMILES string of the molecule is CC(C)(C)C1CC2OC(=O)C34OC5OC(=O)[C@H](O)C51C23[C@@H](O)C1OC(=O)[C@@H](O)[C@@]14O. The lowest BCUT2D eigenvalue weighted by Gasteiger charge is -2.47. The Morgan fingerprint density at radius 3 is 2.23 bits per heavy atom. The first-order chi connectivity index (χ1) is 13.8. The molecule has 0 bridgehead atoms. The van der Waals surface area contributed by atoms with Crippen LogP contribution < -0.4 is 0 Å². The second-order valence-corrected chi connectivity index (χ2v) is 10.4. The molecule has 2 spiro atoms. The standard InChI is InChI=1S/C19H22O11/c1-15(2,3)5-4-6-17-7(20)10-18(26,9(22)12(24)28-10)19(17,13(25)27-6)30-14-16(5,17)8(21)11(23)29-14/h5-10,14,20-22,26H,4H2,1-3H3/t5?,6?,7-,8-,9+,10?,14?,16?,17?,18+,19?/m0/s1. The maximum absolute atomic E-state index is 13.2. The van der Waals surface area contributed by atoms with Gasteiger partial charge in [-0.25, -0.2) is 14.4 Å². The molecule has 6 rings (SSSR count). The van der Waals surface area contributed by atoms with E-state index in [2.05, 4.69) is 0 Å². The van der Waals surface area contributed by atoms with Gasteiger partial charge >= 0.3 is 17.9 Å². The Hall–Kier alpha value is -1.79. The number of carbonyl (C=O) groups is 3. The first kappa shape index (κ1) is 18.9. The van der Waals surface area contributed by atoms with Crippen molar-refractivity contribution in [2.24, 2.45) is 22.2 Å². The summed E-state index contributed by atoms with van der Waals surface area (Å²) in [6.07, 6.45) is -9.91. The molecule has 6 aliphatic rings. The molecule has 11 atom stereocenters. The van der Waals surface area contributed by atoms with Crippen LogP contribution in [0.25, 0.3) is 0 Å². The molecular formula is C19H22O11. The van der Waals surface area contributed by atoms with E-state index in [0.717, 1.165) is 0 Å². The topological polar surface area (TPSA) is 169 Å². The highest BCUT2D eigenvalue weighted by molar-refractivity contribution is 5.94. The summed E-state index contributed by atoms with van der Waals surface area (Å²) in [6.45, 7) is 5.60. The van der Waals surface area contributed by atoms with Crippen LogP contribution in [0.1, 0.15) is 27.2 Å². The molecule has 2 aliphatic carbocycles. The Morgan fingerprint density at radius 2 is 1.60 bits per heavy atom. The van der Waals surface area contributed by atoms with Crippen LogP contribution in [0.15, 0.2) is 0 Å². The maximum atomic E-state index is 13.2. The summed E-state index contributed by atoms with van der Waals surface area (Å²) in [4.78, 5) is 37.8. The number of fused-ring (bicyclic) bond motifs is 1. The molecule has 0 radical (unpaired) electrons. The summed E-state index contributed by atoms with van der Waals surface area (Å²) >= 11 is 0. The van der Waals surface area contributed by atoms with Crippen molar-refractivity contribution in [1.29, 1.82) is 0 Å². The van der Waals surface area contributed by atoms with Gasteiger partial charge in [0.1, 0.15) is 12.2 Å². The molecule has 30 heavy (non-hydrogen) atoms. The van der Waals surface area contributed by atoms with E-state index < -0.39 is 88.1 Å². The molecule has 164 valence electrons. The summed E-state index contributed by atoms with van der Waals surface area (Å²) in [5, 5.41) is 44.8. The van der Waals surface area contributed by atoms with Crippen molar-refractivity contribution in [1.82, 2.24) is 0 Å². The van der Waals surface area contributed by atoms with E-state index in [1.54, 1.807) is 0 Å². The van der Waals surface area contributed by atoms with Crippen LogP contribution in [0.5, 0.6) is 0 Å². The van der Waals surface area contributed by atoms with Crippen LogP contribution in [0.2, 0.25) is 0 Å². The first-order valence-electron chi connectivity index (χ1n) is 9.91. The van der Waals surface area contributed by atoms with E-state index >= 15 is 0 Å². The van der Waals surface area contributed by atoms with Crippen LogP contribution in [0, 0.1) is 22.2 Å². The molecule has 4 heterocycles. The summed E-state index contributed by atoms with van der Waals surface area (Å²) in [5.74, 6) is -3.86. The van der Waals surface area contributed by atoms with Crippen molar-refractivity contribution in [3.8, 4) is 0 Å². The summed E-state index contributed by atoms with van der Waals surface area (Å²) < 4.78 is 21.9. The smallest absolute Gasteiger partial charge is 0.343 e. The zero-order valence-electron chi connectivity index (χ0n) is 16.4. The molecule has 7 unspecified atom stereocenters. The number of hydrogen-bond acceptors (Lipinski definition) is 11. The lowest BCUT2D eigenvalue weighted by Crippen LogP contribution is -2.68. The van der Waals surface area contributed by atoms with E-state index in [9.17, 15) is 34.8 Å². The average Bonchev–Trinajstić information content (AvgIpc) is 3.35. The van der Waals surface area contributed by atoms with Gasteiger partial charge < -0.3 is 39.4 Å². The Balaban J connectivity index is 1.72. The molecular weight excluding hydrogens is 404 g/mol. The molecule has 0 amide bonds. The van der Waals surface area contributed by atoms with Gasteiger partial charge in [0.15, 0.2) is 23.9 Å². The summed E-state index contributed by atoms with van der Waals surface area (Å²) in [6, 6.07) is 0. The monoisotopic (exact) mass is 426 g/mol. The number of carbonyl (C=O) groups excluding carboxylic acids is 3. The van der Waals surface area contributed by atoms with Crippen molar-refractivity contribution in [2.45, 2.75) is 75.2 Å². The second-order valence-electron chi connectivity index (χ2n) is 10.4. The molecule has 4 saturated heterocycles. The number of esters is 3. The fraction of sp³-hybridized carbons (Fsp3) is 0.842. The Kier molecular flexibility index (Phi) is 2.95. The van der Waals surface area contributed by atoms with Crippen molar-refractivity contribution in [3.05, 3.63) is 0 Å². The Morgan fingerprint density at radius 1 is 0.967 bits per heavy atom. The Labute approximate surface area is 169 Å². The second kappa shape index (κ2) is 4.68. The third-order valence-electron chi connectivity index (χ3n) is 8.62. The van der Waals surface area contributed by atoms with Gasteiger partial charge in [0.05, 0.1) is 10.8 Å². The minimum Gasteiger partial charge on any atom is -0.459 e. The quantitative estimate of drug-likeness (QED) is 0.236. The molecule has 11 heteroatoms. The highest BCUT2D eigenvalue weighted by atomic mass is 16.8. The van der Waals surface area contributed by atoms with Crippen molar-refractivity contribution < 1.29 is 53.8 Å². The average molecular weight is 426 g/mol. The van der Waals surface area contributed by atoms with Crippen molar-refractivity contribution in [2.75, 3.05) is 0 Å². The van der Waals surface area contributed by atoms with E-state index in [0.29, 0.717) is 0 Å². The molecule has 4 N–H and O–H groups in total. The van der Waals surface area contributed by atoms with Gasteiger partial charge in [0, 0.05) is 0 Å².